The normalized spacial score (nSPS) is 15.4. The van der Waals surface area contributed by atoms with Crippen LogP contribution in [0.15, 0.2) is 29.3 Å². The van der Waals surface area contributed by atoms with E-state index in [4.69, 9.17) is 0 Å². The van der Waals surface area contributed by atoms with Crippen molar-refractivity contribution in [1.29, 1.82) is 0 Å². The largest absolute Gasteiger partial charge is 0.433 e. The molecular weight excluding hydrogens is 381 g/mol. The Kier molecular flexibility index (Phi) is 3.99. The van der Waals surface area contributed by atoms with Crippen molar-refractivity contribution in [3.63, 3.8) is 0 Å². The molecule has 0 saturated heterocycles. The van der Waals surface area contributed by atoms with Crippen LogP contribution < -0.4 is 0 Å². The van der Waals surface area contributed by atoms with Gasteiger partial charge in [0, 0.05) is 6.20 Å². The third-order valence-electron chi connectivity index (χ3n) is 4.50. The molecule has 4 rings (SSSR count). The van der Waals surface area contributed by atoms with Gasteiger partial charge in [-0.25, -0.2) is 18.4 Å². The number of aromatic amines is 1. The zero-order chi connectivity index (χ0) is 19.4. The van der Waals surface area contributed by atoms with Crippen molar-refractivity contribution in [3.8, 4) is 11.5 Å². The van der Waals surface area contributed by atoms with Crippen molar-refractivity contribution in [2.24, 2.45) is 0 Å². The predicted octanol–water partition coefficient (Wildman–Crippen LogP) is 3.71. The molecule has 0 bridgehead atoms. The number of nitrogens with zero attached hydrogens (tertiary/aromatic N) is 3. The lowest BCUT2D eigenvalue weighted by Crippen LogP contribution is -2.08. The molecule has 142 valence electrons. The molecule has 10 heteroatoms. The Morgan fingerprint density at radius 2 is 1.96 bits per heavy atom. The van der Waals surface area contributed by atoms with Crippen molar-refractivity contribution >= 4 is 21.0 Å². The molecule has 0 radical (unpaired) electrons. The van der Waals surface area contributed by atoms with E-state index >= 15 is 0 Å². The molecule has 0 spiro atoms. The summed E-state index contributed by atoms with van der Waals surface area (Å²) in [7, 11) is -3.60. The fourth-order valence-electron chi connectivity index (χ4n) is 2.83. The van der Waals surface area contributed by atoms with Crippen LogP contribution >= 0.6 is 0 Å². The first-order chi connectivity index (χ1) is 12.7. The van der Waals surface area contributed by atoms with E-state index in [2.05, 4.69) is 19.9 Å². The van der Waals surface area contributed by atoms with Crippen LogP contribution in [0.2, 0.25) is 0 Å². The van der Waals surface area contributed by atoms with Crippen molar-refractivity contribution in [3.05, 3.63) is 35.7 Å². The fraction of sp³-hybridized carbons (Fsp3) is 0.353. The van der Waals surface area contributed by atoms with E-state index in [-0.39, 0.29) is 33.3 Å². The molecule has 27 heavy (non-hydrogen) atoms. The molecule has 0 amide bonds. The summed E-state index contributed by atoms with van der Waals surface area (Å²) in [6, 6.07) is 3.66. The van der Waals surface area contributed by atoms with Gasteiger partial charge in [0.1, 0.15) is 11.4 Å². The third kappa shape index (κ3) is 3.29. The molecule has 3 heterocycles. The van der Waals surface area contributed by atoms with Crippen LogP contribution in [0.3, 0.4) is 0 Å². The summed E-state index contributed by atoms with van der Waals surface area (Å²) in [5.74, 6) is 0.266. The van der Waals surface area contributed by atoms with Crippen LogP contribution in [0.5, 0.6) is 0 Å². The Hall–Kier alpha value is -2.49. The highest BCUT2D eigenvalue weighted by Crippen LogP contribution is 2.41. The number of H-pyrrole nitrogens is 1. The number of rotatable bonds is 4. The van der Waals surface area contributed by atoms with E-state index in [0.29, 0.717) is 5.92 Å². The van der Waals surface area contributed by atoms with Crippen LogP contribution in [0.25, 0.3) is 22.7 Å². The smallest absolute Gasteiger partial charge is 0.335 e. The highest BCUT2D eigenvalue weighted by Gasteiger charge is 2.33. The molecule has 1 aliphatic carbocycles. The Morgan fingerprint density at radius 3 is 2.59 bits per heavy atom. The highest BCUT2D eigenvalue weighted by atomic mass is 32.2. The number of nitrogens with one attached hydrogen (secondary N) is 1. The van der Waals surface area contributed by atoms with Gasteiger partial charge in [0.15, 0.2) is 21.3 Å². The first kappa shape index (κ1) is 17.9. The standard InChI is InChI=1S/C17H15F3N4O2S/c1-2-27(25,26)12-7-10(9-3-4-9)8-21-14(12)16-22-11-5-6-13(17(18,19)20)23-15(11)24-16/h5-9H,2-4H2,1H3,(H,22,23,24). The number of aromatic nitrogens is 4. The summed E-state index contributed by atoms with van der Waals surface area (Å²) in [6.45, 7) is 1.53. The lowest BCUT2D eigenvalue weighted by Gasteiger charge is -2.09. The van der Waals surface area contributed by atoms with Gasteiger partial charge in [-0.05, 0) is 42.5 Å². The number of imidazole rings is 1. The number of hydrogen-bond donors (Lipinski definition) is 1. The molecule has 1 fully saturated rings. The average Bonchev–Trinajstić information content (AvgIpc) is 3.38. The van der Waals surface area contributed by atoms with Crippen LogP contribution in [0.4, 0.5) is 13.2 Å². The summed E-state index contributed by atoms with van der Waals surface area (Å²) in [5.41, 5.74) is -0.00247. The van der Waals surface area contributed by atoms with E-state index in [1.165, 1.54) is 13.0 Å². The summed E-state index contributed by atoms with van der Waals surface area (Å²) in [4.78, 5) is 14.7. The number of halogens is 3. The average molecular weight is 396 g/mol. The maximum Gasteiger partial charge on any atom is 0.433 e. The number of pyridine rings is 2. The van der Waals surface area contributed by atoms with Crippen LogP contribution in [0, 0.1) is 0 Å². The molecule has 0 unspecified atom stereocenters. The third-order valence-corrected chi connectivity index (χ3v) is 6.24. The molecule has 0 aromatic carbocycles. The molecule has 3 aromatic rings. The van der Waals surface area contributed by atoms with Crippen molar-refractivity contribution in [2.45, 2.75) is 36.8 Å². The molecule has 3 aromatic heterocycles. The van der Waals surface area contributed by atoms with Gasteiger partial charge >= 0.3 is 6.18 Å². The van der Waals surface area contributed by atoms with Gasteiger partial charge in [-0.3, -0.25) is 4.98 Å². The minimum absolute atomic E-state index is 0.0319. The van der Waals surface area contributed by atoms with E-state index in [0.717, 1.165) is 24.5 Å². The Morgan fingerprint density at radius 1 is 1.22 bits per heavy atom. The Labute approximate surface area is 152 Å². The number of fused-ring (bicyclic) bond motifs is 1. The SMILES string of the molecule is CCS(=O)(=O)c1cc(C2CC2)cnc1-c1nc2nc(C(F)(F)F)ccc2[nH]1. The van der Waals surface area contributed by atoms with Gasteiger partial charge < -0.3 is 4.98 Å². The molecular formula is C17H15F3N4O2S. The molecule has 6 nitrogen and oxygen atoms in total. The van der Waals surface area contributed by atoms with Gasteiger partial charge in [0.05, 0.1) is 16.2 Å². The maximum atomic E-state index is 12.8. The molecule has 0 atom stereocenters. The summed E-state index contributed by atoms with van der Waals surface area (Å²) in [6.07, 6.45) is -1.01. The zero-order valence-electron chi connectivity index (χ0n) is 14.2. The van der Waals surface area contributed by atoms with Crippen molar-refractivity contribution in [1.82, 2.24) is 19.9 Å². The maximum absolute atomic E-state index is 12.8. The van der Waals surface area contributed by atoms with Crippen LogP contribution in [-0.2, 0) is 16.0 Å². The molecule has 1 saturated carbocycles. The quantitative estimate of drug-likeness (QED) is 0.726. The monoisotopic (exact) mass is 396 g/mol. The highest BCUT2D eigenvalue weighted by molar-refractivity contribution is 7.91. The van der Waals surface area contributed by atoms with Gasteiger partial charge in [0.2, 0.25) is 0 Å². The van der Waals surface area contributed by atoms with Gasteiger partial charge in [0.25, 0.3) is 0 Å². The van der Waals surface area contributed by atoms with Gasteiger partial charge in [-0.2, -0.15) is 13.2 Å². The summed E-state index contributed by atoms with van der Waals surface area (Å²) < 4.78 is 63.6. The van der Waals surface area contributed by atoms with Crippen molar-refractivity contribution in [2.75, 3.05) is 5.75 Å². The Bertz CT molecular complexity index is 1130. The lowest BCUT2D eigenvalue weighted by atomic mass is 10.2. The minimum atomic E-state index is -4.59. The molecule has 0 aliphatic heterocycles. The van der Waals surface area contributed by atoms with E-state index < -0.39 is 21.7 Å². The second-order valence-electron chi connectivity index (χ2n) is 6.44. The van der Waals surface area contributed by atoms with E-state index in [1.807, 2.05) is 0 Å². The Balaban J connectivity index is 1.87. The number of hydrogen-bond acceptors (Lipinski definition) is 5. The second-order valence-corrected chi connectivity index (χ2v) is 8.69. The van der Waals surface area contributed by atoms with Crippen LogP contribution in [-0.4, -0.2) is 34.1 Å². The topological polar surface area (TPSA) is 88.6 Å². The number of sulfone groups is 1. The summed E-state index contributed by atoms with van der Waals surface area (Å²) >= 11 is 0. The van der Waals surface area contributed by atoms with Gasteiger partial charge in [-0.15, -0.1) is 0 Å². The van der Waals surface area contributed by atoms with E-state index in [1.54, 1.807) is 12.3 Å². The first-order valence-electron chi connectivity index (χ1n) is 8.36. The number of alkyl halides is 3. The van der Waals surface area contributed by atoms with Crippen LogP contribution in [0.1, 0.15) is 36.9 Å². The molecule has 1 N–H and O–H groups in total. The van der Waals surface area contributed by atoms with Gasteiger partial charge in [-0.1, -0.05) is 6.92 Å². The predicted molar refractivity (Wildman–Crippen MR) is 91.8 cm³/mol. The fourth-order valence-corrected chi connectivity index (χ4v) is 3.90. The zero-order valence-corrected chi connectivity index (χ0v) is 15.0. The lowest BCUT2D eigenvalue weighted by molar-refractivity contribution is -0.141. The second kappa shape index (κ2) is 6.01. The van der Waals surface area contributed by atoms with E-state index in [9.17, 15) is 21.6 Å². The first-order valence-corrected chi connectivity index (χ1v) is 10.0. The van der Waals surface area contributed by atoms with Crippen molar-refractivity contribution < 1.29 is 21.6 Å². The summed E-state index contributed by atoms with van der Waals surface area (Å²) in [5, 5.41) is 0. The minimum Gasteiger partial charge on any atom is -0.335 e. The molecule has 1 aliphatic rings.